The average molecular weight is 355 g/mol. The van der Waals surface area contributed by atoms with Gasteiger partial charge in [-0.05, 0) is 37.3 Å². The van der Waals surface area contributed by atoms with Crippen LogP contribution >= 0.6 is 0 Å². The summed E-state index contributed by atoms with van der Waals surface area (Å²) < 4.78 is 10.9. The summed E-state index contributed by atoms with van der Waals surface area (Å²) in [5.74, 6) is 0.699. The van der Waals surface area contributed by atoms with E-state index < -0.39 is 0 Å². The highest BCUT2D eigenvalue weighted by Crippen LogP contribution is 2.51. The van der Waals surface area contributed by atoms with Gasteiger partial charge in [0.1, 0.15) is 11.4 Å². The molecule has 1 aromatic carbocycles. The summed E-state index contributed by atoms with van der Waals surface area (Å²) in [5.41, 5.74) is 3.97. The van der Waals surface area contributed by atoms with Gasteiger partial charge in [-0.2, -0.15) is 0 Å². The number of anilines is 1. The predicted octanol–water partition coefficient (Wildman–Crippen LogP) is 3.76. The summed E-state index contributed by atoms with van der Waals surface area (Å²) in [4.78, 5) is 12.8. The summed E-state index contributed by atoms with van der Waals surface area (Å²) >= 11 is 0. The summed E-state index contributed by atoms with van der Waals surface area (Å²) in [7, 11) is 0. The maximum Gasteiger partial charge on any atom is 0.319 e. The summed E-state index contributed by atoms with van der Waals surface area (Å²) in [6, 6.07) is 8.20. The number of urea groups is 1. The molecule has 1 atom stereocenters. The standard InChI is InChI=1S/C20H25N3O3/c1-3-16-17(13(2)23-26-16)21-19(24)22-18-15-7-5-4-6-14(15)12-20(18)8-10-25-11-9-20/h4-7,18H,3,8-12H2,1-2H3,(H2,21,22,24). The van der Waals surface area contributed by atoms with Crippen molar-refractivity contribution in [2.45, 2.75) is 45.6 Å². The number of carbonyl (C=O) groups is 1. The van der Waals surface area contributed by atoms with E-state index in [-0.39, 0.29) is 17.5 Å². The Bertz CT molecular complexity index is 808. The third kappa shape index (κ3) is 2.88. The van der Waals surface area contributed by atoms with Gasteiger partial charge in [0, 0.05) is 25.0 Å². The van der Waals surface area contributed by atoms with Crippen molar-refractivity contribution in [3.63, 3.8) is 0 Å². The molecule has 2 aliphatic rings. The topological polar surface area (TPSA) is 76.4 Å². The van der Waals surface area contributed by atoms with Gasteiger partial charge in [0.25, 0.3) is 0 Å². The lowest BCUT2D eigenvalue weighted by molar-refractivity contribution is 0.00245. The minimum atomic E-state index is -0.210. The average Bonchev–Trinajstić information content (AvgIpc) is 3.14. The highest BCUT2D eigenvalue weighted by Gasteiger charge is 2.47. The van der Waals surface area contributed by atoms with Crippen molar-refractivity contribution in [1.82, 2.24) is 10.5 Å². The first-order valence-corrected chi connectivity index (χ1v) is 9.31. The second-order valence-corrected chi connectivity index (χ2v) is 7.30. The van der Waals surface area contributed by atoms with E-state index in [1.807, 2.05) is 19.9 Å². The molecule has 1 aromatic heterocycles. The van der Waals surface area contributed by atoms with Crippen molar-refractivity contribution >= 4 is 11.7 Å². The largest absolute Gasteiger partial charge is 0.381 e. The van der Waals surface area contributed by atoms with E-state index in [0.717, 1.165) is 32.5 Å². The molecule has 2 amide bonds. The molecule has 0 radical (unpaired) electrons. The number of ether oxygens (including phenoxy) is 1. The van der Waals surface area contributed by atoms with Crippen LogP contribution in [0.25, 0.3) is 0 Å². The van der Waals surface area contributed by atoms with Gasteiger partial charge in [-0.15, -0.1) is 0 Å². The zero-order valence-electron chi connectivity index (χ0n) is 15.3. The Morgan fingerprint density at radius 1 is 1.31 bits per heavy atom. The molecule has 1 spiro atoms. The van der Waals surface area contributed by atoms with Gasteiger partial charge in [0.05, 0.1) is 6.04 Å². The summed E-state index contributed by atoms with van der Waals surface area (Å²) in [5, 5.41) is 10.1. The van der Waals surface area contributed by atoms with Crippen molar-refractivity contribution in [1.29, 1.82) is 0 Å². The number of benzene rings is 1. The quantitative estimate of drug-likeness (QED) is 0.879. The number of rotatable bonds is 3. The third-order valence-corrected chi connectivity index (χ3v) is 5.78. The molecule has 138 valence electrons. The molecule has 26 heavy (non-hydrogen) atoms. The first-order valence-electron chi connectivity index (χ1n) is 9.31. The van der Waals surface area contributed by atoms with Crippen molar-refractivity contribution in [3.8, 4) is 0 Å². The fourth-order valence-corrected chi connectivity index (χ4v) is 4.36. The summed E-state index contributed by atoms with van der Waals surface area (Å²) in [6.45, 7) is 5.31. The van der Waals surface area contributed by atoms with E-state index in [1.54, 1.807) is 0 Å². The predicted molar refractivity (Wildman–Crippen MR) is 98.1 cm³/mol. The van der Waals surface area contributed by atoms with Crippen LogP contribution in [0.5, 0.6) is 0 Å². The molecule has 1 unspecified atom stereocenters. The van der Waals surface area contributed by atoms with E-state index in [0.29, 0.717) is 23.6 Å². The molecule has 0 saturated carbocycles. The van der Waals surface area contributed by atoms with Gasteiger partial charge in [-0.25, -0.2) is 4.79 Å². The number of hydrogen-bond acceptors (Lipinski definition) is 4. The Morgan fingerprint density at radius 2 is 2.08 bits per heavy atom. The lowest BCUT2D eigenvalue weighted by Crippen LogP contribution is -2.43. The van der Waals surface area contributed by atoms with Crippen LogP contribution in [-0.2, 0) is 17.6 Å². The molecule has 1 fully saturated rings. The van der Waals surface area contributed by atoms with Crippen LogP contribution in [0, 0.1) is 12.3 Å². The highest BCUT2D eigenvalue weighted by atomic mass is 16.5. The van der Waals surface area contributed by atoms with E-state index in [4.69, 9.17) is 9.26 Å². The van der Waals surface area contributed by atoms with Crippen LogP contribution in [0.4, 0.5) is 10.5 Å². The fourth-order valence-electron chi connectivity index (χ4n) is 4.36. The maximum atomic E-state index is 12.8. The molecule has 4 rings (SSSR count). The molecule has 6 heteroatoms. The number of amides is 2. The van der Waals surface area contributed by atoms with E-state index in [9.17, 15) is 4.79 Å². The Morgan fingerprint density at radius 3 is 2.85 bits per heavy atom. The zero-order chi connectivity index (χ0) is 18.1. The van der Waals surface area contributed by atoms with Crippen LogP contribution in [0.2, 0.25) is 0 Å². The van der Waals surface area contributed by atoms with Gasteiger partial charge >= 0.3 is 6.03 Å². The Kier molecular flexibility index (Phi) is 4.44. The molecule has 2 heterocycles. The number of aryl methyl sites for hydroxylation is 2. The molecule has 6 nitrogen and oxygen atoms in total. The van der Waals surface area contributed by atoms with Crippen LogP contribution < -0.4 is 10.6 Å². The molecule has 1 aliphatic carbocycles. The van der Waals surface area contributed by atoms with Crippen molar-refractivity contribution in [2.24, 2.45) is 5.41 Å². The normalized spacial score (nSPS) is 20.8. The first-order chi connectivity index (χ1) is 12.6. The monoisotopic (exact) mass is 355 g/mol. The SMILES string of the molecule is CCc1onc(C)c1NC(=O)NC1c2ccccc2CC12CCOCC2. The van der Waals surface area contributed by atoms with Crippen LogP contribution in [0.3, 0.4) is 0 Å². The van der Waals surface area contributed by atoms with Crippen molar-refractivity contribution < 1.29 is 14.1 Å². The van der Waals surface area contributed by atoms with Crippen molar-refractivity contribution in [2.75, 3.05) is 18.5 Å². The van der Waals surface area contributed by atoms with Gasteiger partial charge in [-0.3, -0.25) is 0 Å². The summed E-state index contributed by atoms with van der Waals surface area (Å²) in [6.07, 6.45) is 3.59. The Labute approximate surface area is 153 Å². The molecule has 2 N–H and O–H groups in total. The number of carbonyl (C=O) groups excluding carboxylic acids is 1. The number of aromatic nitrogens is 1. The Balaban J connectivity index is 1.58. The van der Waals surface area contributed by atoms with E-state index >= 15 is 0 Å². The smallest absolute Gasteiger partial charge is 0.319 e. The molecule has 1 aliphatic heterocycles. The van der Waals surface area contributed by atoms with Crippen LogP contribution in [0.15, 0.2) is 28.8 Å². The Hall–Kier alpha value is -2.34. The third-order valence-electron chi connectivity index (χ3n) is 5.78. The first kappa shape index (κ1) is 17.1. The molecule has 2 aromatic rings. The van der Waals surface area contributed by atoms with Gasteiger partial charge < -0.3 is 19.9 Å². The zero-order valence-corrected chi connectivity index (χ0v) is 15.3. The maximum absolute atomic E-state index is 12.8. The number of hydrogen-bond donors (Lipinski definition) is 2. The number of nitrogens with one attached hydrogen (secondary N) is 2. The van der Waals surface area contributed by atoms with Crippen LogP contribution in [0.1, 0.15) is 48.4 Å². The lowest BCUT2D eigenvalue weighted by atomic mass is 9.74. The molecule has 1 saturated heterocycles. The number of fused-ring (bicyclic) bond motifs is 1. The van der Waals surface area contributed by atoms with E-state index in [1.165, 1.54) is 11.1 Å². The van der Waals surface area contributed by atoms with E-state index in [2.05, 4.69) is 34.0 Å². The second kappa shape index (κ2) is 6.76. The van der Waals surface area contributed by atoms with Crippen molar-refractivity contribution in [3.05, 3.63) is 46.8 Å². The number of nitrogens with zero attached hydrogens (tertiary/aromatic N) is 1. The van der Waals surface area contributed by atoms with Gasteiger partial charge in [0.2, 0.25) is 0 Å². The molecular weight excluding hydrogens is 330 g/mol. The molecular formula is C20H25N3O3. The minimum Gasteiger partial charge on any atom is -0.381 e. The molecule has 0 bridgehead atoms. The highest BCUT2D eigenvalue weighted by molar-refractivity contribution is 5.90. The lowest BCUT2D eigenvalue weighted by Gasteiger charge is -2.39. The van der Waals surface area contributed by atoms with Crippen LogP contribution in [-0.4, -0.2) is 24.4 Å². The fraction of sp³-hybridized carbons (Fsp3) is 0.500. The van der Waals surface area contributed by atoms with Gasteiger partial charge in [-0.1, -0.05) is 36.3 Å². The second-order valence-electron chi connectivity index (χ2n) is 7.30. The van der Waals surface area contributed by atoms with Gasteiger partial charge in [0.15, 0.2) is 5.76 Å². The minimum absolute atomic E-state index is 0.00663.